The van der Waals surface area contributed by atoms with Crippen LogP contribution >= 0.6 is 0 Å². The van der Waals surface area contributed by atoms with Crippen molar-refractivity contribution < 1.29 is 4.79 Å². The predicted octanol–water partition coefficient (Wildman–Crippen LogP) is 1.74. The second-order valence-corrected chi connectivity index (χ2v) is 4.66. The summed E-state index contributed by atoms with van der Waals surface area (Å²) in [5.74, 6) is 0.529. The number of nitrogens with two attached hydrogens (primary N) is 1. The molecule has 0 aromatic heterocycles. The molecule has 17 heavy (non-hydrogen) atoms. The molecular formula is C14H22N2O. The van der Waals surface area contributed by atoms with Gasteiger partial charge in [0.05, 0.1) is 6.42 Å². The van der Waals surface area contributed by atoms with E-state index in [1.165, 1.54) is 5.56 Å². The molecule has 0 radical (unpaired) electrons. The second kappa shape index (κ2) is 6.40. The van der Waals surface area contributed by atoms with E-state index in [0.717, 1.165) is 11.1 Å². The monoisotopic (exact) mass is 234 g/mol. The predicted molar refractivity (Wildman–Crippen MR) is 71.0 cm³/mol. The molecule has 94 valence electrons. The van der Waals surface area contributed by atoms with Gasteiger partial charge in [-0.2, -0.15) is 0 Å². The van der Waals surface area contributed by atoms with Crippen LogP contribution in [0.5, 0.6) is 0 Å². The van der Waals surface area contributed by atoms with Crippen molar-refractivity contribution in [3.63, 3.8) is 0 Å². The van der Waals surface area contributed by atoms with E-state index in [1.54, 1.807) is 0 Å². The molecule has 1 aromatic rings. The Labute approximate surface area is 103 Å². The van der Waals surface area contributed by atoms with Gasteiger partial charge in [0.2, 0.25) is 5.91 Å². The van der Waals surface area contributed by atoms with Gasteiger partial charge in [0, 0.05) is 13.1 Å². The molecule has 0 atom stereocenters. The summed E-state index contributed by atoms with van der Waals surface area (Å²) in [6, 6.07) is 6.34. The highest BCUT2D eigenvalue weighted by molar-refractivity contribution is 5.79. The summed E-state index contributed by atoms with van der Waals surface area (Å²) in [6.45, 7) is 7.38. The number of hydrogen-bond acceptors (Lipinski definition) is 2. The van der Waals surface area contributed by atoms with E-state index in [2.05, 4.69) is 37.4 Å². The summed E-state index contributed by atoms with van der Waals surface area (Å²) in [7, 11) is 0. The molecule has 0 aliphatic carbocycles. The Morgan fingerprint density at radius 3 is 2.71 bits per heavy atom. The molecule has 0 unspecified atom stereocenters. The molecule has 0 heterocycles. The van der Waals surface area contributed by atoms with E-state index in [4.69, 9.17) is 5.73 Å². The first-order chi connectivity index (χ1) is 8.04. The van der Waals surface area contributed by atoms with Crippen LogP contribution in [0.25, 0.3) is 0 Å². The Bertz CT molecular complexity index is 386. The lowest BCUT2D eigenvalue weighted by atomic mass is 9.96. The highest BCUT2D eigenvalue weighted by Gasteiger charge is 2.07. The van der Waals surface area contributed by atoms with Crippen LogP contribution in [-0.2, 0) is 11.2 Å². The summed E-state index contributed by atoms with van der Waals surface area (Å²) >= 11 is 0. The first-order valence-electron chi connectivity index (χ1n) is 6.10. The highest BCUT2D eigenvalue weighted by atomic mass is 16.1. The summed E-state index contributed by atoms with van der Waals surface area (Å²) in [5, 5.41) is 2.79. The summed E-state index contributed by atoms with van der Waals surface area (Å²) in [6.07, 6.45) is 0.437. The molecule has 0 aliphatic rings. The number of carbonyl (C=O) groups excluding carboxylic acids is 1. The third-order valence-electron chi connectivity index (χ3n) is 2.86. The zero-order chi connectivity index (χ0) is 12.8. The van der Waals surface area contributed by atoms with Crippen LogP contribution in [-0.4, -0.2) is 19.0 Å². The normalized spacial score (nSPS) is 10.6. The van der Waals surface area contributed by atoms with Crippen molar-refractivity contribution in [2.75, 3.05) is 13.1 Å². The van der Waals surface area contributed by atoms with E-state index in [0.29, 0.717) is 25.4 Å². The number of benzene rings is 1. The number of carbonyl (C=O) groups is 1. The number of nitrogens with one attached hydrogen (secondary N) is 1. The molecule has 1 rings (SSSR count). The fourth-order valence-corrected chi connectivity index (χ4v) is 1.69. The van der Waals surface area contributed by atoms with Crippen LogP contribution in [0.2, 0.25) is 0 Å². The molecule has 0 bridgehead atoms. The molecule has 0 fully saturated rings. The van der Waals surface area contributed by atoms with Gasteiger partial charge >= 0.3 is 0 Å². The summed E-state index contributed by atoms with van der Waals surface area (Å²) in [4.78, 5) is 11.6. The third-order valence-corrected chi connectivity index (χ3v) is 2.86. The SMILES string of the molecule is Cc1ccc(C(C)C)cc1CC(=O)NCCN. The van der Waals surface area contributed by atoms with Crippen LogP contribution in [0.15, 0.2) is 18.2 Å². The minimum absolute atomic E-state index is 0.0412. The summed E-state index contributed by atoms with van der Waals surface area (Å²) < 4.78 is 0. The van der Waals surface area contributed by atoms with Crippen molar-refractivity contribution in [1.29, 1.82) is 0 Å². The number of amides is 1. The number of hydrogen-bond donors (Lipinski definition) is 2. The lowest BCUT2D eigenvalue weighted by Gasteiger charge is -2.11. The van der Waals surface area contributed by atoms with Crippen molar-refractivity contribution in [3.8, 4) is 0 Å². The fraction of sp³-hybridized carbons (Fsp3) is 0.500. The molecule has 0 aliphatic heterocycles. The number of aryl methyl sites for hydroxylation is 1. The molecule has 3 heteroatoms. The van der Waals surface area contributed by atoms with E-state index < -0.39 is 0 Å². The second-order valence-electron chi connectivity index (χ2n) is 4.66. The lowest BCUT2D eigenvalue weighted by Crippen LogP contribution is -2.30. The van der Waals surface area contributed by atoms with Gasteiger partial charge in [0.15, 0.2) is 0 Å². The molecule has 3 N–H and O–H groups in total. The van der Waals surface area contributed by atoms with Crippen molar-refractivity contribution >= 4 is 5.91 Å². The molecule has 0 saturated heterocycles. The van der Waals surface area contributed by atoms with Crippen LogP contribution in [0.3, 0.4) is 0 Å². The quantitative estimate of drug-likeness (QED) is 0.815. The Morgan fingerprint density at radius 2 is 2.12 bits per heavy atom. The van der Waals surface area contributed by atoms with Gasteiger partial charge < -0.3 is 11.1 Å². The maximum atomic E-state index is 11.6. The van der Waals surface area contributed by atoms with Crippen LogP contribution in [0.4, 0.5) is 0 Å². The van der Waals surface area contributed by atoms with Gasteiger partial charge in [-0.05, 0) is 29.5 Å². The first kappa shape index (κ1) is 13.7. The molecule has 3 nitrogen and oxygen atoms in total. The maximum Gasteiger partial charge on any atom is 0.224 e. The average Bonchev–Trinajstić information content (AvgIpc) is 2.29. The van der Waals surface area contributed by atoms with Gasteiger partial charge in [0.25, 0.3) is 0 Å². The fourth-order valence-electron chi connectivity index (χ4n) is 1.69. The Morgan fingerprint density at radius 1 is 1.41 bits per heavy atom. The maximum absolute atomic E-state index is 11.6. The zero-order valence-electron chi connectivity index (χ0n) is 10.9. The molecule has 1 amide bonds. The minimum Gasteiger partial charge on any atom is -0.355 e. The van der Waals surface area contributed by atoms with E-state index >= 15 is 0 Å². The van der Waals surface area contributed by atoms with Crippen molar-refractivity contribution in [1.82, 2.24) is 5.32 Å². The molecule has 0 spiro atoms. The topological polar surface area (TPSA) is 55.1 Å². The smallest absolute Gasteiger partial charge is 0.224 e. The van der Waals surface area contributed by atoms with Crippen LogP contribution < -0.4 is 11.1 Å². The van der Waals surface area contributed by atoms with Gasteiger partial charge in [-0.1, -0.05) is 32.0 Å². The third kappa shape index (κ3) is 4.19. The average molecular weight is 234 g/mol. The first-order valence-corrected chi connectivity index (χ1v) is 6.10. The van der Waals surface area contributed by atoms with Crippen molar-refractivity contribution in [2.24, 2.45) is 5.73 Å². The highest BCUT2D eigenvalue weighted by Crippen LogP contribution is 2.18. The van der Waals surface area contributed by atoms with Crippen molar-refractivity contribution in [3.05, 3.63) is 34.9 Å². The Balaban J connectivity index is 2.75. The standard InChI is InChI=1S/C14H22N2O/c1-10(2)12-5-4-11(3)13(8-12)9-14(17)16-7-6-15/h4-5,8,10H,6-7,9,15H2,1-3H3,(H,16,17). The summed E-state index contributed by atoms with van der Waals surface area (Å²) in [5.41, 5.74) is 8.89. The molecule has 0 saturated carbocycles. The molecule has 1 aromatic carbocycles. The number of rotatable bonds is 5. The van der Waals surface area contributed by atoms with Gasteiger partial charge in [0.1, 0.15) is 0 Å². The van der Waals surface area contributed by atoms with Gasteiger partial charge in [-0.25, -0.2) is 0 Å². The van der Waals surface area contributed by atoms with E-state index in [-0.39, 0.29) is 5.91 Å². The van der Waals surface area contributed by atoms with Gasteiger partial charge in [-0.3, -0.25) is 4.79 Å². The lowest BCUT2D eigenvalue weighted by molar-refractivity contribution is -0.120. The van der Waals surface area contributed by atoms with Crippen LogP contribution in [0, 0.1) is 6.92 Å². The van der Waals surface area contributed by atoms with Crippen molar-refractivity contribution in [2.45, 2.75) is 33.1 Å². The molecular weight excluding hydrogens is 212 g/mol. The van der Waals surface area contributed by atoms with Crippen LogP contribution in [0.1, 0.15) is 36.5 Å². The Hall–Kier alpha value is -1.35. The van der Waals surface area contributed by atoms with E-state index in [9.17, 15) is 4.79 Å². The minimum atomic E-state index is 0.0412. The largest absolute Gasteiger partial charge is 0.355 e. The Kier molecular flexibility index (Phi) is 5.16. The van der Waals surface area contributed by atoms with E-state index in [1.807, 2.05) is 6.92 Å². The van der Waals surface area contributed by atoms with Gasteiger partial charge in [-0.15, -0.1) is 0 Å². The zero-order valence-corrected chi connectivity index (χ0v) is 10.9.